The predicted octanol–water partition coefficient (Wildman–Crippen LogP) is 4.31. The van der Waals surface area contributed by atoms with E-state index in [-0.39, 0.29) is 0 Å². The highest BCUT2D eigenvalue weighted by atomic mass is 16.5. The van der Waals surface area contributed by atoms with Crippen LogP contribution in [0.3, 0.4) is 0 Å². The summed E-state index contributed by atoms with van der Waals surface area (Å²) in [6.07, 6.45) is 16.0. The predicted molar refractivity (Wildman–Crippen MR) is 61.6 cm³/mol. The van der Waals surface area contributed by atoms with Gasteiger partial charge in [-0.15, -0.1) is 0 Å². The van der Waals surface area contributed by atoms with E-state index in [1.165, 1.54) is 70.6 Å². The Kier molecular flexibility index (Phi) is 7.12. The summed E-state index contributed by atoms with van der Waals surface area (Å²) in [5, 5.41) is 0. The molecule has 0 saturated heterocycles. The third kappa shape index (κ3) is 5.64. The van der Waals surface area contributed by atoms with Crippen molar-refractivity contribution in [3.63, 3.8) is 0 Å². The van der Waals surface area contributed by atoms with Gasteiger partial charge in [0.05, 0.1) is 6.10 Å². The van der Waals surface area contributed by atoms with Gasteiger partial charge in [0.25, 0.3) is 0 Å². The topological polar surface area (TPSA) is 9.23 Å². The van der Waals surface area contributed by atoms with Gasteiger partial charge in [0.1, 0.15) is 0 Å². The van der Waals surface area contributed by atoms with Crippen molar-refractivity contribution in [3.8, 4) is 0 Å². The number of hydrogen-bond acceptors (Lipinski definition) is 1. The molecule has 1 nitrogen and oxygen atoms in total. The minimum atomic E-state index is 0.550. The van der Waals surface area contributed by atoms with Crippen molar-refractivity contribution in [2.75, 3.05) is 7.11 Å². The van der Waals surface area contributed by atoms with Crippen LogP contribution in [0.2, 0.25) is 0 Å². The summed E-state index contributed by atoms with van der Waals surface area (Å²) in [6, 6.07) is 0. The molecular formula is C13H26O. The second kappa shape index (κ2) is 8.28. The van der Waals surface area contributed by atoms with Crippen LogP contribution in [-0.4, -0.2) is 13.2 Å². The van der Waals surface area contributed by atoms with Crippen LogP contribution >= 0.6 is 0 Å². The van der Waals surface area contributed by atoms with Crippen molar-refractivity contribution in [2.45, 2.75) is 76.7 Å². The second-order valence-corrected chi connectivity index (χ2v) is 4.62. The average Bonchev–Trinajstić information content (AvgIpc) is 2.19. The lowest BCUT2D eigenvalue weighted by molar-refractivity contribution is 0.0829. The number of ether oxygens (including phenoxy) is 1. The van der Waals surface area contributed by atoms with Gasteiger partial charge in [0, 0.05) is 7.11 Å². The van der Waals surface area contributed by atoms with E-state index in [9.17, 15) is 0 Å². The molecule has 0 amide bonds. The Morgan fingerprint density at radius 3 is 1.36 bits per heavy atom. The molecular weight excluding hydrogens is 172 g/mol. The van der Waals surface area contributed by atoms with Crippen molar-refractivity contribution in [1.29, 1.82) is 0 Å². The fourth-order valence-electron chi connectivity index (χ4n) is 2.36. The molecule has 0 unspecified atom stereocenters. The number of rotatable bonds is 1. The highest BCUT2D eigenvalue weighted by molar-refractivity contribution is 4.60. The highest BCUT2D eigenvalue weighted by Gasteiger charge is 2.07. The van der Waals surface area contributed by atoms with Gasteiger partial charge in [-0.05, 0) is 12.8 Å². The average molecular weight is 198 g/mol. The van der Waals surface area contributed by atoms with E-state index in [4.69, 9.17) is 4.74 Å². The van der Waals surface area contributed by atoms with Gasteiger partial charge >= 0.3 is 0 Å². The van der Waals surface area contributed by atoms with Crippen molar-refractivity contribution < 1.29 is 4.74 Å². The van der Waals surface area contributed by atoms with Gasteiger partial charge in [0.15, 0.2) is 0 Å². The molecule has 0 bridgehead atoms. The molecule has 14 heavy (non-hydrogen) atoms. The molecule has 0 aromatic heterocycles. The van der Waals surface area contributed by atoms with Crippen LogP contribution in [0.5, 0.6) is 0 Å². The van der Waals surface area contributed by atoms with Gasteiger partial charge < -0.3 is 4.74 Å². The van der Waals surface area contributed by atoms with Crippen molar-refractivity contribution >= 4 is 0 Å². The maximum absolute atomic E-state index is 5.50. The maximum atomic E-state index is 5.50. The SMILES string of the molecule is COC1CCCCCCCCCCC1. The lowest BCUT2D eigenvalue weighted by Crippen LogP contribution is -2.10. The quantitative estimate of drug-likeness (QED) is 0.610. The Balaban J connectivity index is 2.17. The summed E-state index contributed by atoms with van der Waals surface area (Å²) >= 11 is 0. The van der Waals surface area contributed by atoms with E-state index >= 15 is 0 Å². The van der Waals surface area contributed by atoms with Crippen molar-refractivity contribution in [3.05, 3.63) is 0 Å². The number of hydrogen-bond donors (Lipinski definition) is 0. The molecule has 0 N–H and O–H groups in total. The first-order valence-electron chi connectivity index (χ1n) is 6.46. The molecule has 0 aromatic carbocycles. The molecule has 0 spiro atoms. The Morgan fingerprint density at radius 1 is 0.643 bits per heavy atom. The van der Waals surface area contributed by atoms with Crippen LogP contribution in [0.1, 0.15) is 70.6 Å². The molecule has 0 heterocycles. The monoisotopic (exact) mass is 198 g/mol. The summed E-state index contributed by atoms with van der Waals surface area (Å²) in [5.74, 6) is 0. The normalized spacial score (nSPS) is 23.8. The lowest BCUT2D eigenvalue weighted by atomic mass is 9.99. The van der Waals surface area contributed by atoms with Crippen molar-refractivity contribution in [2.24, 2.45) is 0 Å². The van der Waals surface area contributed by atoms with Gasteiger partial charge in [0.2, 0.25) is 0 Å². The first-order chi connectivity index (χ1) is 6.93. The number of methoxy groups -OCH3 is 1. The fraction of sp³-hybridized carbons (Fsp3) is 1.00. The van der Waals surface area contributed by atoms with Crippen LogP contribution in [0.25, 0.3) is 0 Å². The van der Waals surface area contributed by atoms with Crippen LogP contribution in [0, 0.1) is 0 Å². The third-order valence-corrected chi connectivity index (χ3v) is 3.39. The van der Waals surface area contributed by atoms with Gasteiger partial charge in [-0.25, -0.2) is 0 Å². The zero-order chi connectivity index (χ0) is 10.1. The van der Waals surface area contributed by atoms with Crippen LogP contribution in [0.4, 0.5) is 0 Å². The molecule has 1 rings (SSSR count). The smallest absolute Gasteiger partial charge is 0.0571 e. The maximum Gasteiger partial charge on any atom is 0.0571 e. The highest BCUT2D eigenvalue weighted by Crippen LogP contribution is 2.18. The van der Waals surface area contributed by atoms with E-state index in [0.717, 1.165) is 0 Å². The van der Waals surface area contributed by atoms with E-state index in [2.05, 4.69) is 0 Å². The van der Waals surface area contributed by atoms with Crippen LogP contribution < -0.4 is 0 Å². The molecule has 84 valence electrons. The molecule has 1 heteroatoms. The Hall–Kier alpha value is -0.0400. The Bertz CT molecular complexity index is 110. The summed E-state index contributed by atoms with van der Waals surface area (Å²) < 4.78 is 5.50. The Morgan fingerprint density at radius 2 is 1.00 bits per heavy atom. The first kappa shape index (κ1) is 12.0. The minimum Gasteiger partial charge on any atom is -0.381 e. The molecule has 1 saturated carbocycles. The van der Waals surface area contributed by atoms with E-state index in [1.54, 1.807) is 0 Å². The summed E-state index contributed by atoms with van der Waals surface area (Å²) in [5.41, 5.74) is 0. The molecule has 1 aliphatic rings. The van der Waals surface area contributed by atoms with Gasteiger partial charge in [-0.1, -0.05) is 57.8 Å². The summed E-state index contributed by atoms with van der Waals surface area (Å²) in [6.45, 7) is 0. The molecule has 0 atom stereocenters. The lowest BCUT2D eigenvalue weighted by Gasteiger charge is -2.15. The molecule has 0 aromatic rings. The van der Waals surface area contributed by atoms with Crippen LogP contribution in [0.15, 0.2) is 0 Å². The standard InChI is InChI=1S/C13H26O/c1-14-13-11-9-7-5-3-2-4-6-8-10-12-13/h13H,2-12H2,1H3. The summed E-state index contributed by atoms with van der Waals surface area (Å²) in [4.78, 5) is 0. The molecule has 0 aliphatic heterocycles. The van der Waals surface area contributed by atoms with Crippen LogP contribution in [-0.2, 0) is 4.74 Å². The molecule has 0 radical (unpaired) electrons. The van der Waals surface area contributed by atoms with Gasteiger partial charge in [-0.2, -0.15) is 0 Å². The van der Waals surface area contributed by atoms with E-state index in [1.807, 2.05) is 7.11 Å². The fourth-order valence-corrected chi connectivity index (χ4v) is 2.36. The largest absolute Gasteiger partial charge is 0.381 e. The van der Waals surface area contributed by atoms with Crippen molar-refractivity contribution in [1.82, 2.24) is 0 Å². The molecule has 1 aliphatic carbocycles. The molecule has 1 fully saturated rings. The Labute approximate surface area is 89.2 Å². The van der Waals surface area contributed by atoms with Gasteiger partial charge in [-0.3, -0.25) is 0 Å². The zero-order valence-corrected chi connectivity index (χ0v) is 9.76. The minimum absolute atomic E-state index is 0.550. The first-order valence-corrected chi connectivity index (χ1v) is 6.46. The zero-order valence-electron chi connectivity index (χ0n) is 9.76. The van der Waals surface area contributed by atoms with E-state index in [0.29, 0.717) is 6.10 Å². The summed E-state index contributed by atoms with van der Waals surface area (Å²) in [7, 11) is 1.87. The second-order valence-electron chi connectivity index (χ2n) is 4.62. The van der Waals surface area contributed by atoms with E-state index < -0.39 is 0 Å². The third-order valence-electron chi connectivity index (χ3n) is 3.39.